The number of rotatable bonds is 3. The number of esters is 1. The van der Waals surface area contributed by atoms with Crippen LogP contribution in [0, 0.1) is 0 Å². The van der Waals surface area contributed by atoms with Crippen molar-refractivity contribution in [1.82, 2.24) is 9.88 Å². The second-order valence-corrected chi connectivity index (χ2v) is 3.21. The van der Waals surface area contributed by atoms with Crippen LogP contribution in [0.25, 0.3) is 5.57 Å². The molecule has 80 valence electrons. The molecule has 0 spiro atoms. The van der Waals surface area contributed by atoms with Crippen LogP contribution in [0.4, 0.5) is 0 Å². The molecule has 0 saturated carbocycles. The first-order valence-corrected chi connectivity index (χ1v) is 4.53. The Morgan fingerprint density at radius 2 is 2.20 bits per heavy atom. The van der Waals surface area contributed by atoms with E-state index in [2.05, 4.69) is 4.98 Å². The minimum atomic E-state index is -0.387. The van der Waals surface area contributed by atoms with E-state index in [0.29, 0.717) is 11.3 Å². The highest BCUT2D eigenvalue weighted by Crippen LogP contribution is 2.12. The lowest BCUT2D eigenvalue weighted by molar-refractivity contribution is -0.133. The Hall–Kier alpha value is -1.84. The molecular weight excluding hydrogens is 192 g/mol. The van der Waals surface area contributed by atoms with E-state index in [4.69, 9.17) is 4.74 Å². The third-order valence-corrected chi connectivity index (χ3v) is 1.73. The molecule has 0 aliphatic rings. The van der Waals surface area contributed by atoms with Crippen LogP contribution in [0.15, 0.2) is 30.6 Å². The van der Waals surface area contributed by atoms with Crippen molar-refractivity contribution in [2.45, 2.75) is 0 Å². The molecule has 15 heavy (non-hydrogen) atoms. The van der Waals surface area contributed by atoms with Crippen molar-refractivity contribution < 1.29 is 9.53 Å². The van der Waals surface area contributed by atoms with E-state index >= 15 is 0 Å². The summed E-state index contributed by atoms with van der Waals surface area (Å²) in [5, 5.41) is 0. The van der Waals surface area contributed by atoms with Gasteiger partial charge in [0.25, 0.3) is 0 Å². The second kappa shape index (κ2) is 5.14. The zero-order valence-corrected chi connectivity index (χ0v) is 9.10. The van der Waals surface area contributed by atoms with Gasteiger partial charge in [0, 0.05) is 26.5 Å². The average molecular weight is 206 g/mol. The Bertz CT molecular complexity index is 358. The molecule has 0 atom stereocenters. The van der Waals surface area contributed by atoms with E-state index in [1.165, 1.54) is 7.11 Å². The number of hydrogen-bond acceptors (Lipinski definition) is 4. The molecule has 0 aromatic carbocycles. The minimum absolute atomic E-state index is 0.387. The predicted octanol–water partition coefficient (Wildman–Crippen LogP) is 1.16. The SMILES string of the molecule is COC(=O)C(=CN(C)C)c1ccccn1. The molecular formula is C11H14N2O2. The van der Waals surface area contributed by atoms with E-state index in [-0.39, 0.29) is 5.97 Å². The van der Waals surface area contributed by atoms with Crippen molar-refractivity contribution in [2.24, 2.45) is 0 Å². The van der Waals surface area contributed by atoms with E-state index in [9.17, 15) is 4.79 Å². The Labute approximate surface area is 89.2 Å². The van der Waals surface area contributed by atoms with Gasteiger partial charge in [-0.1, -0.05) is 6.07 Å². The number of methoxy groups -OCH3 is 1. The summed E-state index contributed by atoms with van der Waals surface area (Å²) in [6.45, 7) is 0. The van der Waals surface area contributed by atoms with Crippen LogP contribution in [0.3, 0.4) is 0 Å². The van der Waals surface area contributed by atoms with Gasteiger partial charge < -0.3 is 9.64 Å². The molecule has 0 radical (unpaired) electrons. The van der Waals surface area contributed by atoms with Crippen LogP contribution in [0.2, 0.25) is 0 Å². The van der Waals surface area contributed by atoms with Crippen molar-refractivity contribution >= 4 is 11.5 Å². The van der Waals surface area contributed by atoms with E-state index in [1.807, 2.05) is 20.2 Å². The zero-order chi connectivity index (χ0) is 11.3. The van der Waals surface area contributed by atoms with Gasteiger partial charge in [0.2, 0.25) is 0 Å². The van der Waals surface area contributed by atoms with Crippen molar-refractivity contribution in [3.8, 4) is 0 Å². The smallest absolute Gasteiger partial charge is 0.341 e. The van der Waals surface area contributed by atoms with Gasteiger partial charge >= 0.3 is 5.97 Å². The van der Waals surface area contributed by atoms with Gasteiger partial charge in [-0.25, -0.2) is 4.79 Å². The summed E-state index contributed by atoms with van der Waals surface area (Å²) in [6.07, 6.45) is 3.33. The number of carbonyl (C=O) groups excluding carboxylic acids is 1. The molecule has 1 rings (SSSR count). The molecule has 0 N–H and O–H groups in total. The van der Waals surface area contributed by atoms with Crippen molar-refractivity contribution in [3.63, 3.8) is 0 Å². The highest BCUT2D eigenvalue weighted by atomic mass is 16.5. The summed E-state index contributed by atoms with van der Waals surface area (Å²) in [6, 6.07) is 5.40. The van der Waals surface area contributed by atoms with E-state index in [1.54, 1.807) is 29.4 Å². The van der Waals surface area contributed by atoms with Gasteiger partial charge in [0.15, 0.2) is 0 Å². The number of pyridine rings is 1. The fourth-order valence-electron chi connectivity index (χ4n) is 1.11. The third-order valence-electron chi connectivity index (χ3n) is 1.73. The Kier molecular flexibility index (Phi) is 3.85. The molecule has 0 amide bonds. The normalized spacial score (nSPS) is 11.0. The minimum Gasteiger partial charge on any atom is -0.465 e. The highest BCUT2D eigenvalue weighted by Gasteiger charge is 2.13. The molecule has 0 aliphatic heterocycles. The Morgan fingerprint density at radius 1 is 1.47 bits per heavy atom. The first kappa shape index (κ1) is 11.2. The summed E-state index contributed by atoms with van der Waals surface area (Å²) in [5.41, 5.74) is 1.06. The number of carbonyl (C=O) groups is 1. The van der Waals surface area contributed by atoms with Crippen LogP contribution in [-0.2, 0) is 9.53 Å². The molecule has 0 bridgehead atoms. The monoisotopic (exact) mass is 206 g/mol. The predicted molar refractivity (Wildman–Crippen MR) is 57.9 cm³/mol. The largest absolute Gasteiger partial charge is 0.465 e. The van der Waals surface area contributed by atoms with Crippen molar-refractivity contribution in [1.29, 1.82) is 0 Å². The average Bonchev–Trinajstić information content (AvgIpc) is 2.26. The van der Waals surface area contributed by atoms with Crippen LogP contribution in [0.5, 0.6) is 0 Å². The highest BCUT2D eigenvalue weighted by molar-refractivity contribution is 6.15. The molecule has 0 saturated heterocycles. The summed E-state index contributed by atoms with van der Waals surface area (Å²) >= 11 is 0. The molecule has 0 aliphatic carbocycles. The van der Waals surface area contributed by atoms with Gasteiger partial charge in [-0.05, 0) is 12.1 Å². The standard InChI is InChI=1S/C11H14N2O2/c1-13(2)8-9(11(14)15-3)10-6-4-5-7-12-10/h4-8H,1-3H3. The van der Waals surface area contributed by atoms with Crippen molar-refractivity contribution in [2.75, 3.05) is 21.2 Å². The maximum Gasteiger partial charge on any atom is 0.341 e. The molecule has 4 heteroatoms. The number of hydrogen-bond donors (Lipinski definition) is 0. The van der Waals surface area contributed by atoms with E-state index in [0.717, 1.165) is 0 Å². The lowest BCUT2D eigenvalue weighted by Crippen LogP contribution is -2.10. The Morgan fingerprint density at radius 3 is 2.67 bits per heavy atom. The van der Waals surface area contributed by atoms with Gasteiger partial charge in [-0.15, -0.1) is 0 Å². The topological polar surface area (TPSA) is 42.4 Å². The summed E-state index contributed by atoms with van der Waals surface area (Å²) < 4.78 is 4.69. The number of nitrogens with zero attached hydrogens (tertiary/aromatic N) is 2. The molecule has 1 aromatic rings. The Balaban J connectivity index is 3.08. The number of ether oxygens (including phenoxy) is 1. The first-order valence-electron chi connectivity index (χ1n) is 4.53. The van der Waals surface area contributed by atoms with Crippen molar-refractivity contribution in [3.05, 3.63) is 36.3 Å². The van der Waals surface area contributed by atoms with Gasteiger partial charge in [-0.2, -0.15) is 0 Å². The molecule has 4 nitrogen and oxygen atoms in total. The zero-order valence-electron chi connectivity index (χ0n) is 9.10. The quantitative estimate of drug-likeness (QED) is 0.549. The summed E-state index contributed by atoms with van der Waals surface area (Å²) in [4.78, 5) is 17.4. The third kappa shape index (κ3) is 3.09. The van der Waals surface area contributed by atoms with Crippen LogP contribution < -0.4 is 0 Å². The molecule has 0 unspecified atom stereocenters. The maximum atomic E-state index is 11.5. The second-order valence-electron chi connectivity index (χ2n) is 3.21. The van der Waals surface area contributed by atoms with E-state index < -0.39 is 0 Å². The van der Waals surface area contributed by atoms with Crippen LogP contribution >= 0.6 is 0 Å². The molecule has 1 heterocycles. The lowest BCUT2D eigenvalue weighted by atomic mass is 10.2. The van der Waals surface area contributed by atoms with Crippen LogP contribution in [-0.4, -0.2) is 37.1 Å². The molecule has 0 fully saturated rings. The van der Waals surface area contributed by atoms with Crippen LogP contribution in [0.1, 0.15) is 5.69 Å². The summed E-state index contributed by atoms with van der Waals surface area (Å²) in [7, 11) is 5.03. The van der Waals surface area contributed by atoms with Gasteiger partial charge in [0.05, 0.1) is 12.8 Å². The fourth-order valence-corrected chi connectivity index (χ4v) is 1.11. The fraction of sp³-hybridized carbons (Fsp3) is 0.273. The number of aromatic nitrogens is 1. The lowest BCUT2D eigenvalue weighted by Gasteiger charge is -2.09. The van der Waals surface area contributed by atoms with Gasteiger partial charge in [-0.3, -0.25) is 4.98 Å². The maximum absolute atomic E-state index is 11.5. The van der Waals surface area contributed by atoms with Gasteiger partial charge in [0.1, 0.15) is 5.57 Å². The first-order chi connectivity index (χ1) is 7.15. The summed E-state index contributed by atoms with van der Waals surface area (Å²) in [5.74, 6) is -0.387. The molecule has 1 aromatic heterocycles.